The number of benzene rings is 1. The minimum Gasteiger partial charge on any atom is -0.444 e. The molecule has 5 amide bonds. The summed E-state index contributed by atoms with van der Waals surface area (Å²) in [6.45, 7) is 6.58. The number of nitrogens with zero attached hydrogens (tertiary/aromatic N) is 2. The summed E-state index contributed by atoms with van der Waals surface area (Å²) in [5, 5.41) is 0. The van der Waals surface area contributed by atoms with Gasteiger partial charge in [0.25, 0.3) is 5.91 Å². The molecule has 198 valence electrons. The van der Waals surface area contributed by atoms with Crippen LogP contribution in [0.3, 0.4) is 0 Å². The van der Waals surface area contributed by atoms with Crippen molar-refractivity contribution in [3.63, 3.8) is 0 Å². The molecule has 11 heteroatoms. The van der Waals surface area contributed by atoms with Gasteiger partial charge in [-0.3, -0.25) is 25.3 Å². The molecule has 36 heavy (non-hydrogen) atoms. The number of likely N-dealkylation sites (tertiary alicyclic amines) is 2. The van der Waals surface area contributed by atoms with E-state index in [0.29, 0.717) is 25.9 Å². The molecule has 0 saturated carbocycles. The van der Waals surface area contributed by atoms with Gasteiger partial charge in [-0.1, -0.05) is 43.2 Å². The third-order valence-corrected chi connectivity index (χ3v) is 6.08. The Morgan fingerprint density at radius 3 is 2.39 bits per heavy atom. The number of ether oxygens (including phenoxy) is 1. The number of rotatable bonds is 5. The minimum atomic E-state index is -0.741. The van der Waals surface area contributed by atoms with Crippen LogP contribution in [0.4, 0.5) is 9.59 Å². The first-order valence-electron chi connectivity index (χ1n) is 12.4. The Hall–Kier alpha value is -3.34. The predicted octanol–water partition coefficient (Wildman–Crippen LogP) is 2.48. The molecule has 2 fully saturated rings. The van der Waals surface area contributed by atoms with Crippen molar-refractivity contribution in [2.75, 3.05) is 19.6 Å². The molecule has 2 heterocycles. The van der Waals surface area contributed by atoms with Crippen molar-refractivity contribution in [1.82, 2.24) is 26.1 Å². The molecule has 0 spiro atoms. The van der Waals surface area contributed by atoms with Crippen molar-refractivity contribution in [3.05, 3.63) is 35.9 Å². The maximum Gasteiger partial charge on any atom is 0.410 e. The van der Waals surface area contributed by atoms with Crippen LogP contribution in [-0.4, -0.2) is 65.0 Å². The maximum atomic E-state index is 12.9. The largest absolute Gasteiger partial charge is 0.444 e. The fourth-order valence-corrected chi connectivity index (χ4v) is 4.21. The van der Waals surface area contributed by atoms with Gasteiger partial charge < -0.3 is 14.5 Å². The van der Waals surface area contributed by atoms with E-state index in [0.717, 1.165) is 24.8 Å². The zero-order chi connectivity index (χ0) is 26.1. The normalized spacial score (nSPS) is 20.3. The smallest absolute Gasteiger partial charge is 0.410 e. The lowest BCUT2D eigenvalue weighted by molar-refractivity contribution is -0.133. The van der Waals surface area contributed by atoms with Crippen LogP contribution >= 0.6 is 0 Å². The number of hydrogen-bond donors (Lipinski definition) is 3. The highest BCUT2D eigenvalue weighted by molar-refractivity contribution is 5.89. The molecule has 3 rings (SSSR count). The van der Waals surface area contributed by atoms with Crippen molar-refractivity contribution in [1.29, 1.82) is 0 Å². The van der Waals surface area contributed by atoms with Crippen LogP contribution in [0.25, 0.3) is 0 Å². The number of carbonyl (C=O) groups excluding carboxylic acids is 4. The number of hydroxylamine groups is 1. The number of carbonyl (C=O) groups is 4. The molecule has 0 bridgehead atoms. The van der Waals surface area contributed by atoms with Crippen molar-refractivity contribution in [2.24, 2.45) is 5.92 Å². The van der Waals surface area contributed by atoms with Crippen LogP contribution in [0.2, 0.25) is 0 Å². The van der Waals surface area contributed by atoms with E-state index >= 15 is 0 Å². The Labute approximate surface area is 211 Å². The summed E-state index contributed by atoms with van der Waals surface area (Å²) in [5.41, 5.74) is 7.65. The zero-order valence-electron chi connectivity index (χ0n) is 21.2. The van der Waals surface area contributed by atoms with E-state index in [-0.39, 0.29) is 19.1 Å². The highest BCUT2D eigenvalue weighted by atomic mass is 16.7. The summed E-state index contributed by atoms with van der Waals surface area (Å²) < 4.78 is 5.36. The molecule has 0 aliphatic carbocycles. The lowest BCUT2D eigenvalue weighted by Gasteiger charge is -2.29. The van der Waals surface area contributed by atoms with Gasteiger partial charge in [-0.05, 0) is 45.6 Å². The summed E-state index contributed by atoms with van der Waals surface area (Å²) in [5.74, 6) is -1.31. The standard InChI is InChI=1S/C25H37N5O6/c1-25(2,3)36-24(34)29-15-13-19(16-29)21(31)26-27-22(32)20-12-8-5-9-14-30(20)23(33)28-35-17-18-10-6-4-7-11-18/h4,6-7,10-11,19-20H,5,8-9,12-17H2,1-3H3,(H,26,31)(H,27,32)(H,28,33)/t19-,20+/m1/s1. The summed E-state index contributed by atoms with van der Waals surface area (Å²) >= 11 is 0. The highest BCUT2D eigenvalue weighted by Gasteiger charge is 2.35. The molecule has 2 aliphatic heterocycles. The first-order valence-corrected chi connectivity index (χ1v) is 12.4. The van der Waals surface area contributed by atoms with Crippen molar-refractivity contribution in [3.8, 4) is 0 Å². The van der Waals surface area contributed by atoms with Gasteiger partial charge in [0.2, 0.25) is 5.91 Å². The Morgan fingerprint density at radius 2 is 1.67 bits per heavy atom. The molecule has 1 aromatic carbocycles. The van der Waals surface area contributed by atoms with Gasteiger partial charge in [0, 0.05) is 19.6 Å². The van der Waals surface area contributed by atoms with Crippen molar-refractivity contribution < 1.29 is 28.8 Å². The van der Waals surface area contributed by atoms with E-state index in [1.807, 2.05) is 30.3 Å². The monoisotopic (exact) mass is 503 g/mol. The van der Waals surface area contributed by atoms with Crippen molar-refractivity contribution in [2.45, 2.75) is 71.1 Å². The van der Waals surface area contributed by atoms with E-state index in [2.05, 4.69) is 16.3 Å². The second-order valence-electron chi connectivity index (χ2n) is 10.1. The average Bonchev–Trinajstić information content (AvgIpc) is 3.20. The topological polar surface area (TPSA) is 129 Å². The lowest BCUT2D eigenvalue weighted by Crippen LogP contribution is -2.56. The Bertz CT molecular complexity index is 919. The summed E-state index contributed by atoms with van der Waals surface area (Å²) in [4.78, 5) is 58.9. The van der Waals surface area contributed by atoms with Gasteiger partial charge in [-0.25, -0.2) is 15.1 Å². The van der Waals surface area contributed by atoms with E-state index < -0.39 is 35.6 Å². The minimum absolute atomic E-state index is 0.203. The van der Waals surface area contributed by atoms with Crippen LogP contribution < -0.4 is 16.3 Å². The molecule has 0 unspecified atom stereocenters. The number of amides is 5. The van der Waals surface area contributed by atoms with Gasteiger partial charge in [0.15, 0.2) is 0 Å². The maximum absolute atomic E-state index is 12.9. The fourth-order valence-electron chi connectivity index (χ4n) is 4.21. The summed E-state index contributed by atoms with van der Waals surface area (Å²) in [6, 6.07) is 8.18. The van der Waals surface area contributed by atoms with E-state index in [1.165, 1.54) is 9.80 Å². The van der Waals surface area contributed by atoms with Gasteiger partial charge in [-0.2, -0.15) is 0 Å². The van der Waals surface area contributed by atoms with Crippen molar-refractivity contribution >= 4 is 23.9 Å². The van der Waals surface area contributed by atoms with Gasteiger partial charge in [0.1, 0.15) is 11.6 Å². The molecule has 0 radical (unpaired) electrons. The molecular weight excluding hydrogens is 466 g/mol. The average molecular weight is 504 g/mol. The van der Waals surface area contributed by atoms with E-state index in [1.54, 1.807) is 20.8 Å². The Balaban J connectivity index is 1.48. The first-order chi connectivity index (χ1) is 17.1. The quantitative estimate of drug-likeness (QED) is 0.530. The summed E-state index contributed by atoms with van der Waals surface area (Å²) in [7, 11) is 0. The Kier molecular flexibility index (Phi) is 9.51. The van der Waals surface area contributed by atoms with Gasteiger partial charge >= 0.3 is 12.1 Å². The molecule has 0 aromatic heterocycles. The number of urea groups is 1. The second kappa shape index (κ2) is 12.6. The summed E-state index contributed by atoms with van der Waals surface area (Å²) in [6.07, 6.45) is 2.93. The first kappa shape index (κ1) is 27.3. The van der Waals surface area contributed by atoms with Crippen LogP contribution in [0.1, 0.15) is 58.4 Å². The molecular formula is C25H37N5O6. The van der Waals surface area contributed by atoms with Crippen LogP contribution in [-0.2, 0) is 25.8 Å². The van der Waals surface area contributed by atoms with Crippen LogP contribution in [0.5, 0.6) is 0 Å². The van der Waals surface area contributed by atoms with Gasteiger partial charge in [-0.15, -0.1) is 0 Å². The Morgan fingerprint density at radius 1 is 0.944 bits per heavy atom. The number of nitrogens with one attached hydrogen (secondary N) is 3. The molecule has 11 nitrogen and oxygen atoms in total. The fraction of sp³-hybridized carbons (Fsp3) is 0.600. The van der Waals surface area contributed by atoms with Crippen LogP contribution in [0, 0.1) is 5.92 Å². The highest BCUT2D eigenvalue weighted by Crippen LogP contribution is 2.20. The SMILES string of the molecule is CC(C)(C)OC(=O)N1CC[C@@H](C(=O)NNC(=O)[C@@H]2CCCCCN2C(=O)NOCc2ccccc2)C1. The third kappa shape index (κ3) is 8.11. The molecule has 1 aromatic rings. The number of hydrogen-bond acceptors (Lipinski definition) is 6. The van der Waals surface area contributed by atoms with Gasteiger partial charge in [0.05, 0.1) is 12.5 Å². The predicted molar refractivity (Wildman–Crippen MR) is 131 cm³/mol. The lowest BCUT2D eigenvalue weighted by atomic mass is 10.1. The third-order valence-electron chi connectivity index (χ3n) is 6.08. The molecule has 2 aliphatic rings. The zero-order valence-corrected chi connectivity index (χ0v) is 21.2. The molecule has 2 atom stereocenters. The molecule has 2 saturated heterocycles. The van der Waals surface area contributed by atoms with E-state index in [9.17, 15) is 19.2 Å². The second-order valence-corrected chi connectivity index (χ2v) is 10.1. The molecule has 3 N–H and O–H groups in total. The number of hydrazine groups is 1. The van der Waals surface area contributed by atoms with Crippen LogP contribution in [0.15, 0.2) is 30.3 Å². The van der Waals surface area contributed by atoms with E-state index in [4.69, 9.17) is 9.57 Å².